The second kappa shape index (κ2) is 10.6. The van der Waals surface area contributed by atoms with Gasteiger partial charge in [-0.3, -0.25) is 9.59 Å². The van der Waals surface area contributed by atoms with Gasteiger partial charge in [0.1, 0.15) is 29.3 Å². The number of anilines is 1. The van der Waals surface area contributed by atoms with Gasteiger partial charge in [-0.05, 0) is 30.7 Å². The van der Waals surface area contributed by atoms with Crippen molar-refractivity contribution in [1.29, 1.82) is 0 Å². The van der Waals surface area contributed by atoms with Gasteiger partial charge in [0.15, 0.2) is 18.0 Å². The van der Waals surface area contributed by atoms with Crippen molar-refractivity contribution >= 4 is 46.1 Å². The number of amides is 1. The Morgan fingerprint density at radius 1 is 1.07 bits per heavy atom. The van der Waals surface area contributed by atoms with Gasteiger partial charge in [0.25, 0.3) is 5.91 Å². The van der Waals surface area contributed by atoms with E-state index >= 15 is 0 Å². The average molecular weight is 562 g/mol. The second-order valence-electron chi connectivity index (χ2n) is 9.45. The molecule has 2 aromatic heterocycles. The summed E-state index contributed by atoms with van der Waals surface area (Å²) < 4.78 is 15.7. The third-order valence-corrected chi connectivity index (χ3v) is 7.20. The molecule has 3 unspecified atom stereocenters. The molecule has 3 atom stereocenters. The highest BCUT2D eigenvalue weighted by Crippen LogP contribution is 2.32. The van der Waals surface area contributed by atoms with E-state index in [9.17, 15) is 14.4 Å². The number of aromatic amines is 1. The molecule has 12 heteroatoms. The number of fused-ring (bicyclic) bond motifs is 1. The van der Waals surface area contributed by atoms with Crippen LogP contribution >= 0.6 is 11.6 Å². The third-order valence-electron chi connectivity index (χ3n) is 6.89. The van der Waals surface area contributed by atoms with Gasteiger partial charge < -0.3 is 29.4 Å². The Balaban J connectivity index is 1.18. The number of aromatic nitrogens is 3. The summed E-state index contributed by atoms with van der Waals surface area (Å²) in [5.41, 5.74) is 1.15. The summed E-state index contributed by atoms with van der Waals surface area (Å²) in [6.45, 7) is 0.880. The van der Waals surface area contributed by atoms with E-state index in [4.69, 9.17) is 21.1 Å². The van der Waals surface area contributed by atoms with Crippen LogP contribution in [0, 0.1) is 0 Å². The smallest absolute Gasteiger partial charge is 0.338 e. The lowest BCUT2D eigenvalue weighted by Gasteiger charge is -2.17. The van der Waals surface area contributed by atoms with Crippen molar-refractivity contribution < 1.29 is 28.6 Å². The number of nitrogens with one attached hydrogen (secondary N) is 2. The summed E-state index contributed by atoms with van der Waals surface area (Å²) >= 11 is 6.52. The van der Waals surface area contributed by atoms with Gasteiger partial charge in [-0.1, -0.05) is 29.8 Å². The highest BCUT2D eigenvalue weighted by Gasteiger charge is 2.53. The predicted molar refractivity (Wildman–Crippen MR) is 145 cm³/mol. The summed E-state index contributed by atoms with van der Waals surface area (Å²) in [7, 11) is 1.26. The molecule has 0 radical (unpaired) electrons. The Kier molecular flexibility index (Phi) is 6.82. The first-order valence-corrected chi connectivity index (χ1v) is 13.0. The van der Waals surface area contributed by atoms with Crippen molar-refractivity contribution in [2.45, 2.75) is 24.7 Å². The number of ketones is 1. The van der Waals surface area contributed by atoms with Crippen molar-refractivity contribution in [3.05, 3.63) is 77.2 Å². The molecular weight excluding hydrogens is 538 g/mol. The zero-order valence-corrected chi connectivity index (χ0v) is 22.1. The Labute approximate surface area is 233 Å². The summed E-state index contributed by atoms with van der Waals surface area (Å²) in [6, 6.07) is 14.1. The Morgan fingerprint density at radius 2 is 1.90 bits per heavy atom. The highest BCUT2D eigenvalue weighted by molar-refractivity contribution is 6.35. The minimum atomic E-state index is -0.842. The molecule has 2 aliphatic rings. The van der Waals surface area contributed by atoms with E-state index in [-0.39, 0.29) is 22.8 Å². The van der Waals surface area contributed by atoms with Gasteiger partial charge in [0, 0.05) is 37.0 Å². The zero-order chi connectivity index (χ0) is 27.8. The number of epoxide rings is 1. The van der Waals surface area contributed by atoms with Gasteiger partial charge in [-0.2, -0.15) is 0 Å². The van der Waals surface area contributed by atoms with E-state index in [1.807, 2.05) is 30.3 Å². The fraction of sp³-hybridized carbons (Fsp3) is 0.250. The summed E-state index contributed by atoms with van der Waals surface area (Å²) in [4.78, 5) is 51.3. The molecule has 1 amide bonds. The molecule has 2 aliphatic heterocycles. The molecule has 2 fully saturated rings. The number of ether oxygens (including phenoxy) is 3. The number of para-hydroxylation sites is 1. The number of carbonyl (C=O) groups is 3. The lowest BCUT2D eigenvalue weighted by molar-refractivity contribution is -0.142. The van der Waals surface area contributed by atoms with E-state index in [2.05, 4.69) is 25.0 Å². The summed E-state index contributed by atoms with van der Waals surface area (Å²) in [5, 5.41) is 4.12. The first-order chi connectivity index (χ1) is 19.4. The molecule has 0 bridgehead atoms. The fourth-order valence-corrected chi connectivity index (χ4v) is 5.07. The van der Waals surface area contributed by atoms with Gasteiger partial charge in [0.2, 0.25) is 0 Å². The van der Waals surface area contributed by atoms with Crippen LogP contribution in [0.1, 0.15) is 22.3 Å². The Bertz CT molecular complexity index is 1610. The number of hydrogen-bond donors (Lipinski definition) is 2. The first-order valence-electron chi connectivity index (χ1n) is 12.6. The van der Waals surface area contributed by atoms with E-state index in [1.165, 1.54) is 13.4 Å². The number of hydrogen-bond acceptors (Lipinski definition) is 9. The predicted octanol–water partition coefficient (Wildman–Crippen LogP) is 3.59. The normalized spacial score (nSPS) is 19.9. The quantitative estimate of drug-likeness (QED) is 0.188. The first kappa shape index (κ1) is 25.8. The van der Waals surface area contributed by atoms with Crippen LogP contribution in [-0.2, 0) is 19.1 Å². The molecule has 4 heterocycles. The number of H-pyrrole nitrogens is 1. The SMILES string of the molecule is COC(=O)C1OC1C(=O)N1CCC(Nc2ncnc3[nH]cc(C(=O)c4ccc(Oc5ccccc5)cc4Cl)c23)C1. The van der Waals surface area contributed by atoms with Crippen molar-refractivity contribution in [3.63, 3.8) is 0 Å². The van der Waals surface area contributed by atoms with E-state index in [1.54, 1.807) is 29.3 Å². The number of nitrogens with zero attached hydrogens (tertiary/aromatic N) is 3. The minimum Gasteiger partial charge on any atom is -0.467 e. The standard InChI is InChI=1S/C28H24ClN5O6/c1-38-28(37)24-23(40-24)27(36)34-10-9-15(13-34)33-26-21-19(12-30-25(21)31-14-32-26)22(35)18-8-7-17(11-20(18)29)39-16-5-3-2-4-6-16/h2-8,11-12,14-15,23-24H,9-10,13H2,1H3,(H2,30,31,32,33). The van der Waals surface area contributed by atoms with Crippen LogP contribution in [0.5, 0.6) is 11.5 Å². The zero-order valence-electron chi connectivity index (χ0n) is 21.3. The molecule has 2 aromatic carbocycles. The van der Waals surface area contributed by atoms with Crippen LogP contribution in [0.25, 0.3) is 11.0 Å². The Hall–Kier alpha value is -4.48. The van der Waals surface area contributed by atoms with E-state index in [0.717, 1.165) is 0 Å². The monoisotopic (exact) mass is 561 g/mol. The largest absolute Gasteiger partial charge is 0.467 e. The van der Waals surface area contributed by atoms with E-state index in [0.29, 0.717) is 59.0 Å². The molecule has 11 nitrogen and oxygen atoms in total. The summed E-state index contributed by atoms with van der Waals surface area (Å²) in [6.07, 6.45) is 1.98. The van der Waals surface area contributed by atoms with Crippen LogP contribution < -0.4 is 10.1 Å². The van der Waals surface area contributed by atoms with Gasteiger partial charge >= 0.3 is 5.97 Å². The van der Waals surface area contributed by atoms with Crippen LogP contribution in [0.4, 0.5) is 5.82 Å². The third kappa shape index (κ3) is 4.96. The molecule has 4 aromatic rings. The van der Waals surface area contributed by atoms with Crippen molar-refractivity contribution in [1.82, 2.24) is 19.9 Å². The molecule has 0 saturated carbocycles. The molecule has 40 heavy (non-hydrogen) atoms. The van der Waals surface area contributed by atoms with Crippen molar-refractivity contribution in [2.24, 2.45) is 0 Å². The minimum absolute atomic E-state index is 0.131. The number of likely N-dealkylation sites (tertiary alicyclic amines) is 1. The molecule has 204 valence electrons. The number of carbonyl (C=O) groups excluding carboxylic acids is 3. The average Bonchev–Trinajstić information content (AvgIpc) is 3.42. The number of benzene rings is 2. The maximum absolute atomic E-state index is 13.6. The van der Waals surface area contributed by atoms with Crippen LogP contribution in [0.15, 0.2) is 61.1 Å². The fourth-order valence-electron chi connectivity index (χ4n) is 4.81. The van der Waals surface area contributed by atoms with Crippen LogP contribution in [0.3, 0.4) is 0 Å². The van der Waals surface area contributed by atoms with Gasteiger partial charge in [-0.15, -0.1) is 0 Å². The van der Waals surface area contributed by atoms with Crippen molar-refractivity contribution in [3.8, 4) is 11.5 Å². The summed E-state index contributed by atoms with van der Waals surface area (Å²) in [5.74, 6) is 0.514. The Morgan fingerprint density at radius 3 is 2.67 bits per heavy atom. The highest BCUT2D eigenvalue weighted by atomic mass is 35.5. The van der Waals surface area contributed by atoms with Crippen LogP contribution in [-0.4, -0.2) is 76.0 Å². The second-order valence-corrected chi connectivity index (χ2v) is 9.86. The molecule has 2 saturated heterocycles. The van der Waals surface area contributed by atoms with Gasteiger partial charge in [0.05, 0.1) is 23.1 Å². The van der Waals surface area contributed by atoms with E-state index < -0.39 is 18.2 Å². The molecular formula is C28H24ClN5O6. The number of halogens is 1. The molecule has 0 spiro atoms. The number of rotatable bonds is 8. The van der Waals surface area contributed by atoms with Crippen LogP contribution in [0.2, 0.25) is 5.02 Å². The lowest BCUT2D eigenvalue weighted by atomic mass is 10.0. The topological polar surface area (TPSA) is 139 Å². The number of esters is 1. The lowest BCUT2D eigenvalue weighted by Crippen LogP contribution is -2.36. The van der Waals surface area contributed by atoms with Gasteiger partial charge in [-0.25, -0.2) is 14.8 Å². The maximum atomic E-state index is 13.6. The number of methoxy groups -OCH3 is 1. The maximum Gasteiger partial charge on any atom is 0.338 e. The molecule has 0 aliphatic carbocycles. The molecule has 6 rings (SSSR count). The molecule has 2 N–H and O–H groups in total. The van der Waals surface area contributed by atoms with Crippen molar-refractivity contribution in [2.75, 3.05) is 25.5 Å².